The minimum absolute atomic E-state index is 0.251. The SMILES string of the molecule is CCc1nn(C)c(C(=O)NCc2ccco2)c1N. The van der Waals surface area contributed by atoms with Gasteiger partial charge in [-0.1, -0.05) is 6.92 Å². The molecule has 0 radical (unpaired) electrons. The summed E-state index contributed by atoms with van der Waals surface area (Å²) < 4.78 is 6.64. The third-order valence-corrected chi connectivity index (χ3v) is 2.71. The number of aryl methyl sites for hydroxylation is 2. The van der Waals surface area contributed by atoms with Crippen LogP contribution in [0, 0.1) is 0 Å². The van der Waals surface area contributed by atoms with E-state index in [-0.39, 0.29) is 5.91 Å². The predicted octanol–water partition coefficient (Wildman–Crippen LogP) is 1.09. The molecule has 3 N–H and O–H groups in total. The Hall–Kier alpha value is -2.24. The maximum Gasteiger partial charge on any atom is 0.272 e. The summed E-state index contributed by atoms with van der Waals surface area (Å²) in [6, 6.07) is 3.57. The summed E-state index contributed by atoms with van der Waals surface area (Å²) >= 11 is 0. The maximum absolute atomic E-state index is 12.0. The lowest BCUT2D eigenvalue weighted by Crippen LogP contribution is -2.25. The average molecular weight is 248 g/mol. The fraction of sp³-hybridized carbons (Fsp3) is 0.333. The van der Waals surface area contributed by atoms with Gasteiger partial charge in [-0.05, 0) is 18.6 Å². The van der Waals surface area contributed by atoms with Crippen molar-refractivity contribution in [2.24, 2.45) is 7.05 Å². The van der Waals surface area contributed by atoms with Crippen LogP contribution in [0.25, 0.3) is 0 Å². The summed E-state index contributed by atoms with van der Waals surface area (Å²) in [4.78, 5) is 12.0. The van der Waals surface area contributed by atoms with E-state index in [0.717, 1.165) is 5.69 Å². The Morgan fingerprint density at radius 2 is 2.39 bits per heavy atom. The summed E-state index contributed by atoms with van der Waals surface area (Å²) in [5.41, 5.74) is 7.46. The molecule has 18 heavy (non-hydrogen) atoms. The van der Waals surface area contributed by atoms with Crippen LogP contribution in [0.3, 0.4) is 0 Å². The number of nitrogens with one attached hydrogen (secondary N) is 1. The molecule has 0 unspecified atom stereocenters. The number of amides is 1. The molecule has 1 amide bonds. The van der Waals surface area contributed by atoms with Gasteiger partial charge in [-0.25, -0.2) is 0 Å². The Morgan fingerprint density at radius 3 is 2.94 bits per heavy atom. The van der Waals surface area contributed by atoms with Crippen molar-refractivity contribution < 1.29 is 9.21 Å². The van der Waals surface area contributed by atoms with Gasteiger partial charge in [0.2, 0.25) is 0 Å². The first kappa shape index (κ1) is 12.2. The first-order valence-electron chi connectivity index (χ1n) is 5.75. The maximum atomic E-state index is 12.0. The quantitative estimate of drug-likeness (QED) is 0.848. The fourth-order valence-electron chi connectivity index (χ4n) is 1.79. The molecule has 6 nitrogen and oxygen atoms in total. The molecule has 2 aromatic rings. The van der Waals surface area contributed by atoms with Crippen LogP contribution < -0.4 is 11.1 Å². The molecule has 6 heteroatoms. The molecule has 0 saturated carbocycles. The van der Waals surface area contributed by atoms with Gasteiger partial charge in [-0.3, -0.25) is 9.48 Å². The molecule has 2 rings (SSSR count). The van der Waals surface area contributed by atoms with Gasteiger partial charge in [0.1, 0.15) is 11.5 Å². The third-order valence-electron chi connectivity index (χ3n) is 2.71. The first-order chi connectivity index (χ1) is 8.63. The lowest BCUT2D eigenvalue weighted by atomic mass is 10.2. The zero-order valence-electron chi connectivity index (χ0n) is 10.4. The Morgan fingerprint density at radius 1 is 1.61 bits per heavy atom. The highest BCUT2D eigenvalue weighted by atomic mass is 16.3. The van der Waals surface area contributed by atoms with Gasteiger partial charge in [-0.2, -0.15) is 5.10 Å². The number of hydrogen-bond donors (Lipinski definition) is 2. The first-order valence-corrected chi connectivity index (χ1v) is 5.75. The summed E-state index contributed by atoms with van der Waals surface area (Å²) in [6.45, 7) is 2.28. The van der Waals surface area contributed by atoms with Crippen molar-refractivity contribution in [3.63, 3.8) is 0 Å². The highest BCUT2D eigenvalue weighted by Crippen LogP contribution is 2.16. The van der Waals surface area contributed by atoms with Gasteiger partial charge in [0.05, 0.1) is 24.2 Å². The van der Waals surface area contributed by atoms with Gasteiger partial charge >= 0.3 is 0 Å². The molecule has 2 aromatic heterocycles. The van der Waals surface area contributed by atoms with E-state index in [1.165, 1.54) is 4.68 Å². The Bertz CT molecular complexity index is 543. The van der Waals surface area contributed by atoms with Crippen LogP contribution >= 0.6 is 0 Å². The van der Waals surface area contributed by atoms with Crippen LogP contribution in [0.1, 0.15) is 28.9 Å². The molecule has 0 atom stereocenters. The normalized spacial score (nSPS) is 10.6. The van der Waals surface area contributed by atoms with Crippen molar-refractivity contribution in [2.45, 2.75) is 19.9 Å². The fourth-order valence-corrected chi connectivity index (χ4v) is 1.79. The number of carbonyl (C=O) groups is 1. The van der Waals surface area contributed by atoms with Crippen LogP contribution in [0.4, 0.5) is 5.69 Å². The topological polar surface area (TPSA) is 86.1 Å². The zero-order valence-corrected chi connectivity index (χ0v) is 10.4. The molecule has 0 saturated heterocycles. The Kier molecular flexibility index (Phi) is 3.36. The number of nitrogen functional groups attached to an aromatic ring is 1. The highest BCUT2D eigenvalue weighted by molar-refractivity contribution is 5.97. The largest absolute Gasteiger partial charge is 0.467 e. The number of aromatic nitrogens is 2. The van der Waals surface area contributed by atoms with Crippen molar-refractivity contribution in [1.29, 1.82) is 0 Å². The number of carbonyl (C=O) groups excluding carboxylic acids is 1. The molecule has 0 aromatic carbocycles. The molecular weight excluding hydrogens is 232 g/mol. The van der Waals surface area contributed by atoms with Crippen LogP contribution in [0.5, 0.6) is 0 Å². The lowest BCUT2D eigenvalue weighted by molar-refractivity contribution is 0.0939. The van der Waals surface area contributed by atoms with E-state index in [2.05, 4.69) is 10.4 Å². The molecule has 0 fully saturated rings. The van der Waals surface area contributed by atoms with Gasteiger partial charge in [0.25, 0.3) is 5.91 Å². The summed E-state index contributed by atoms with van der Waals surface area (Å²) in [6.07, 6.45) is 2.26. The summed E-state index contributed by atoms with van der Waals surface area (Å²) in [7, 11) is 1.71. The zero-order chi connectivity index (χ0) is 13.1. The molecule has 96 valence electrons. The molecule has 0 aliphatic heterocycles. The second kappa shape index (κ2) is 4.95. The highest BCUT2D eigenvalue weighted by Gasteiger charge is 2.18. The van der Waals surface area contributed by atoms with Crippen molar-refractivity contribution in [1.82, 2.24) is 15.1 Å². The van der Waals surface area contributed by atoms with Gasteiger partial charge in [-0.15, -0.1) is 0 Å². The lowest BCUT2D eigenvalue weighted by Gasteiger charge is -2.04. The van der Waals surface area contributed by atoms with Crippen LogP contribution in [-0.4, -0.2) is 15.7 Å². The standard InChI is InChI=1S/C12H16N4O2/c1-3-9-10(13)11(16(2)15-9)12(17)14-7-8-5-4-6-18-8/h4-6H,3,7,13H2,1-2H3,(H,14,17). The number of anilines is 1. The van der Waals surface area contributed by atoms with Crippen LogP contribution in [0.2, 0.25) is 0 Å². The van der Waals surface area contributed by atoms with E-state index in [4.69, 9.17) is 10.2 Å². The van der Waals surface area contributed by atoms with E-state index in [0.29, 0.717) is 30.1 Å². The molecule has 0 aliphatic rings. The van der Waals surface area contributed by atoms with E-state index in [9.17, 15) is 4.79 Å². The predicted molar refractivity (Wildman–Crippen MR) is 66.9 cm³/mol. The second-order valence-electron chi connectivity index (χ2n) is 3.95. The number of hydrogen-bond acceptors (Lipinski definition) is 4. The Labute approximate surface area is 105 Å². The minimum Gasteiger partial charge on any atom is -0.467 e. The number of nitrogens with zero attached hydrogens (tertiary/aromatic N) is 2. The van der Waals surface area contributed by atoms with Crippen molar-refractivity contribution in [3.05, 3.63) is 35.5 Å². The Balaban J connectivity index is 2.11. The van der Waals surface area contributed by atoms with Crippen molar-refractivity contribution in [3.8, 4) is 0 Å². The van der Waals surface area contributed by atoms with E-state index >= 15 is 0 Å². The van der Waals surface area contributed by atoms with Crippen molar-refractivity contribution >= 4 is 11.6 Å². The smallest absolute Gasteiger partial charge is 0.272 e. The summed E-state index contributed by atoms with van der Waals surface area (Å²) in [5.74, 6) is 0.443. The summed E-state index contributed by atoms with van der Waals surface area (Å²) in [5, 5.41) is 6.95. The van der Waals surface area contributed by atoms with Gasteiger partial charge in [0, 0.05) is 7.05 Å². The van der Waals surface area contributed by atoms with Crippen LogP contribution in [-0.2, 0) is 20.0 Å². The van der Waals surface area contributed by atoms with Crippen LogP contribution in [0.15, 0.2) is 22.8 Å². The van der Waals surface area contributed by atoms with E-state index in [1.54, 1.807) is 25.4 Å². The van der Waals surface area contributed by atoms with Gasteiger partial charge in [0.15, 0.2) is 0 Å². The van der Waals surface area contributed by atoms with E-state index in [1.807, 2.05) is 6.92 Å². The molecule has 0 bridgehead atoms. The second-order valence-corrected chi connectivity index (χ2v) is 3.95. The molecular formula is C12H16N4O2. The average Bonchev–Trinajstić information content (AvgIpc) is 2.94. The molecule has 0 aliphatic carbocycles. The molecule has 0 spiro atoms. The monoisotopic (exact) mass is 248 g/mol. The number of furan rings is 1. The number of nitrogens with two attached hydrogens (primary N) is 1. The minimum atomic E-state index is -0.251. The van der Waals surface area contributed by atoms with E-state index < -0.39 is 0 Å². The third kappa shape index (κ3) is 2.22. The molecule has 2 heterocycles. The van der Waals surface area contributed by atoms with Crippen molar-refractivity contribution in [2.75, 3.05) is 5.73 Å². The van der Waals surface area contributed by atoms with Gasteiger partial charge < -0.3 is 15.5 Å². The number of rotatable bonds is 4.